The van der Waals surface area contributed by atoms with Crippen LogP contribution < -0.4 is 5.11 Å². The second-order valence-corrected chi connectivity index (χ2v) is 6.16. The van der Waals surface area contributed by atoms with Crippen molar-refractivity contribution in [3.63, 3.8) is 0 Å². The summed E-state index contributed by atoms with van der Waals surface area (Å²) in [5.74, 6) is -0.893. The number of fused-ring (bicyclic) bond motifs is 1. The largest absolute Gasteiger partial charge is 0.548 e. The molecule has 2 aliphatic rings. The summed E-state index contributed by atoms with van der Waals surface area (Å²) in [4.78, 5) is 25.5. The van der Waals surface area contributed by atoms with Crippen molar-refractivity contribution in [2.75, 3.05) is 0 Å². The summed E-state index contributed by atoms with van der Waals surface area (Å²) in [7, 11) is 0. The highest BCUT2D eigenvalue weighted by Gasteiger charge is 2.34. The second kappa shape index (κ2) is 5.88. The number of aliphatic carboxylic acids is 1. The van der Waals surface area contributed by atoms with Crippen molar-refractivity contribution in [1.82, 2.24) is 4.90 Å². The van der Waals surface area contributed by atoms with Gasteiger partial charge in [-0.2, -0.15) is 0 Å². The standard InChI is InChI=1S/C17H21NO3/c19-16-14-9-5-4-8-13(14)11-18(16)15(17(20)21)10-12-6-2-1-3-7-12/h4-5,8-9,12,15H,1-3,6-7,10-11H2,(H,20,21)/p-1/t15-/m1/s1. The third kappa shape index (κ3) is 2.80. The fourth-order valence-corrected chi connectivity index (χ4v) is 3.62. The van der Waals surface area contributed by atoms with E-state index in [2.05, 4.69) is 0 Å². The fourth-order valence-electron chi connectivity index (χ4n) is 3.62. The van der Waals surface area contributed by atoms with E-state index < -0.39 is 12.0 Å². The van der Waals surface area contributed by atoms with Crippen LogP contribution in [0, 0.1) is 5.92 Å². The molecule has 3 rings (SSSR count). The molecule has 1 atom stereocenters. The van der Waals surface area contributed by atoms with Crippen molar-refractivity contribution < 1.29 is 14.7 Å². The summed E-state index contributed by atoms with van der Waals surface area (Å²) in [5, 5.41) is 11.6. The van der Waals surface area contributed by atoms with Gasteiger partial charge in [0.2, 0.25) is 0 Å². The monoisotopic (exact) mass is 286 g/mol. The van der Waals surface area contributed by atoms with Crippen LogP contribution in [0.2, 0.25) is 0 Å². The average molecular weight is 286 g/mol. The van der Waals surface area contributed by atoms with E-state index in [0.29, 0.717) is 24.4 Å². The predicted molar refractivity (Wildman–Crippen MR) is 76.3 cm³/mol. The number of hydrogen-bond donors (Lipinski definition) is 0. The highest BCUT2D eigenvalue weighted by molar-refractivity contribution is 6.00. The van der Waals surface area contributed by atoms with Crippen molar-refractivity contribution in [3.05, 3.63) is 35.4 Å². The van der Waals surface area contributed by atoms with Gasteiger partial charge in [-0.25, -0.2) is 0 Å². The summed E-state index contributed by atoms with van der Waals surface area (Å²) < 4.78 is 0. The molecule has 0 unspecified atom stereocenters. The van der Waals surface area contributed by atoms with Crippen LogP contribution in [-0.2, 0) is 11.3 Å². The van der Waals surface area contributed by atoms with E-state index in [1.54, 1.807) is 6.07 Å². The number of rotatable bonds is 4. The van der Waals surface area contributed by atoms with E-state index in [1.807, 2.05) is 18.2 Å². The van der Waals surface area contributed by atoms with Gasteiger partial charge < -0.3 is 14.8 Å². The third-order valence-corrected chi connectivity index (χ3v) is 4.78. The van der Waals surface area contributed by atoms with Gasteiger partial charge >= 0.3 is 0 Å². The summed E-state index contributed by atoms with van der Waals surface area (Å²) in [6, 6.07) is 6.55. The summed E-state index contributed by atoms with van der Waals surface area (Å²) in [6.07, 6.45) is 6.23. The van der Waals surface area contributed by atoms with Crippen LogP contribution in [0.15, 0.2) is 24.3 Å². The first kappa shape index (κ1) is 14.1. The van der Waals surface area contributed by atoms with E-state index in [4.69, 9.17) is 0 Å². The molecule has 0 spiro atoms. The lowest BCUT2D eigenvalue weighted by Gasteiger charge is -2.33. The van der Waals surface area contributed by atoms with Gasteiger partial charge in [0.25, 0.3) is 5.91 Å². The Hall–Kier alpha value is -1.84. The summed E-state index contributed by atoms with van der Waals surface area (Å²) in [5.41, 5.74) is 1.55. The molecule has 1 aliphatic carbocycles. The van der Waals surface area contributed by atoms with Crippen LogP contribution in [0.4, 0.5) is 0 Å². The zero-order valence-corrected chi connectivity index (χ0v) is 12.1. The Labute approximate surface area is 124 Å². The fraction of sp³-hybridized carbons (Fsp3) is 0.529. The van der Waals surface area contributed by atoms with Gasteiger partial charge in [-0.1, -0.05) is 50.3 Å². The van der Waals surface area contributed by atoms with Crippen molar-refractivity contribution in [3.8, 4) is 0 Å². The summed E-state index contributed by atoms with van der Waals surface area (Å²) >= 11 is 0. The zero-order valence-electron chi connectivity index (χ0n) is 12.1. The maximum absolute atomic E-state index is 12.4. The van der Waals surface area contributed by atoms with Crippen LogP contribution in [0.25, 0.3) is 0 Å². The Morgan fingerprint density at radius 1 is 1.24 bits per heavy atom. The number of carbonyl (C=O) groups is 2. The lowest BCUT2D eigenvalue weighted by molar-refractivity contribution is -0.311. The number of carbonyl (C=O) groups excluding carboxylic acids is 2. The summed E-state index contributed by atoms with van der Waals surface area (Å²) in [6.45, 7) is 0.389. The Balaban J connectivity index is 1.76. The number of amides is 1. The molecule has 21 heavy (non-hydrogen) atoms. The number of benzene rings is 1. The van der Waals surface area contributed by atoms with Gasteiger partial charge in [0.15, 0.2) is 0 Å². The molecule has 0 bridgehead atoms. The van der Waals surface area contributed by atoms with Crippen LogP contribution in [0.1, 0.15) is 54.4 Å². The first-order valence-corrected chi connectivity index (χ1v) is 7.76. The Bertz CT molecular complexity index is 549. The first-order valence-electron chi connectivity index (χ1n) is 7.76. The van der Waals surface area contributed by atoms with Crippen molar-refractivity contribution in [2.24, 2.45) is 5.92 Å². The molecule has 1 aliphatic heterocycles. The molecular formula is C17H20NO3-. The topological polar surface area (TPSA) is 60.4 Å². The maximum atomic E-state index is 12.4. The smallest absolute Gasteiger partial charge is 0.255 e. The maximum Gasteiger partial charge on any atom is 0.255 e. The van der Waals surface area contributed by atoms with Gasteiger partial charge in [-0.15, -0.1) is 0 Å². The van der Waals surface area contributed by atoms with Gasteiger partial charge in [0.1, 0.15) is 0 Å². The quantitative estimate of drug-likeness (QED) is 0.847. The molecule has 0 aromatic heterocycles. The van der Waals surface area contributed by atoms with Crippen LogP contribution in [-0.4, -0.2) is 22.8 Å². The van der Waals surface area contributed by atoms with E-state index in [0.717, 1.165) is 18.4 Å². The minimum Gasteiger partial charge on any atom is -0.548 e. The zero-order chi connectivity index (χ0) is 14.8. The molecule has 1 heterocycles. The molecule has 1 saturated carbocycles. The van der Waals surface area contributed by atoms with Crippen LogP contribution in [0.3, 0.4) is 0 Å². The Kier molecular flexibility index (Phi) is 3.95. The average Bonchev–Trinajstić information content (AvgIpc) is 2.83. The normalized spacial score (nSPS) is 20.4. The van der Waals surface area contributed by atoms with E-state index in [9.17, 15) is 14.7 Å². The van der Waals surface area contributed by atoms with E-state index >= 15 is 0 Å². The Morgan fingerprint density at radius 3 is 2.62 bits per heavy atom. The predicted octanol–water partition coefficient (Wildman–Crippen LogP) is 1.73. The molecule has 112 valence electrons. The minimum atomic E-state index is -1.12. The minimum absolute atomic E-state index is 0.171. The first-order chi connectivity index (χ1) is 10.2. The molecule has 1 fully saturated rings. The van der Waals surface area contributed by atoms with Crippen molar-refractivity contribution >= 4 is 11.9 Å². The van der Waals surface area contributed by atoms with Crippen molar-refractivity contribution in [2.45, 2.75) is 51.1 Å². The number of carboxylic acids is 1. The van der Waals surface area contributed by atoms with Gasteiger partial charge in [0, 0.05) is 12.1 Å². The SMILES string of the molecule is O=C([O-])[C@@H](CC1CCCCC1)N1Cc2ccccc2C1=O. The highest BCUT2D eigenvalue weighted by atomic mass is 16.4. The van der Waals surface area contributed by atoms with Gasteiger partial charge in [0.05, 0.1) is 12.0 Å². The van der Waals surface area contributed by atoms with Crippen molar-refractivity contribution in [1.29, 1.82) is 0 Å². The van der Waals surface area contributed by atoms with E-state index in [-0.39, 0.29) is 5.91 Å². The van der Waals surface area contributed by atoms with Gasteiger partial charge in [-0.05, 0) is 24.0 Å². The van der Waals surface area contributed by atoms with Gasteiger partial charge in [-0.3, -0.25) is 4.79 Å². The number of nitrogens with zero attached hydrogens (tertiary/aromatic N) is 1. The second-order valence-electron chi connectivity index (χ2n) is 6.16. The molecule has 1 aromatic rings. The molecular weight excluding hydrogens is 266 g/mol. The molecule has 1 amide bonds. The highest BCUT2D eigenvalue weighted by Crippen LogP contribution is 2.31. The molecule has 0 radical (unpaired) electrons. The molecule has 0 saturated heterocycles. The molecule has 4 nitrogen and oxygen atoms in total. The molecule has 0 N–H and O–H groups in total. The Morgan fingerprint density at radius 2 is 1.95 bits per heavy atom. The molecule has 1 aromatic carbocycles. The van der Waals surface area contributed by atoms with Crippen LogP contribution >= 0.6 is 0 Å². The molecule has 4 heteroatoms. The number of carboxylic acid groups (broad SMARTS) is 1. The number of hydrogen-bond acceptors (Lipinski definition) is 3. The third-order valence-electron chi connectivity index (χ3n) is 4.78. The van der Waals surface area contributed by atoms with Crippen LogP contribution in [0.5, 0.6) is 0 Å². The lowest BCUT2D eigenvalue weighted by Crippen LogP contribution is -2.49. The van der Waals surface area contributed by atoms with E-state index in [1.165, 1.54) is 24.2 Å². The lowest BCUT2D eigenvalue weighted by atomic mass is 9.84.